The second kappa shape index (κ2) is 8.67. The van der Waals surface area contributed by atoms with Gasteiger partial charge in [-0.25, -0.2) is 0 Å². The van der Waals surface area contributed by atoms with Crippen LogP contribution < -0.4 is 9.47 Å². The molecule has 0 heterocycles. The first-order valence-corrected chi connectivity index (χ1v) is 8.84. The van der Waals surface area contributed by atoms with E-state index in [1.54, 1.807) is 24.3 Å². The van der Waals surface area contributed by atoms with Gasteiger partial charge in [-0.3, -0.25) is 0 Å². The van der Waals surface area contributed by atoms with E-state index in [1.807, 2.05) is 0 Å². The Kier molecular flexibility index (Phi) is 7.09. The number of hydrogen-bond acceptors (Lipinski definition) is 4. The molecule has 0 saturated carbocycles. The molecule has 2 aromatic carbocycles. The average Bonchev–Trinajstić information content (AvgIpc) is 2.46. The molecule has 0 fully saturated rings. The van der Waals surface area contributed by atoms with E-state index in [0.29, 0.717) is 6.42 Å². The first-order valence-electron chi connectivity index (χ1n) is 7.32. The van der Waals surface area contributed by atoms with Crippen LogP contribution in [0.25, 0.3) is 0 Å². The molecular weight excluding hydrogens is 410 g/mol. The van der Waals surface area contributed by atoms with Gasteiger partial charge in [0.05, 0.1) is 20.1 Å². The Morgan fingerprint density at radius 3 is 1.24 bits per heavy atom. The highest BCUT2D eigenvalue weighted by Crippen LogP contribution is 2.38. The van der Waals surface area contributed by atoms with E-state index in [-0.39, 0.29) is 31.6 Å². The standard InChI is InChI=1S/C17H16Cl4O4/c1-8(22)24-16-12(18)4-10(5-13(16)19)3-11-6-14(20)17(15(21)7-11)25-9(2)23/h4-9,22-23H,3H2,1-2H3. The number of ether oxygens (including phenoxy) is 2. The number of hydrogen-bond donors (Lipinski definition) is 2. The quantitative estimate of drug-likeness (QED) is 0.614. The fourth-order valence-electron chi connectivity index (χ4n) is 2.23. The lowest BCUT2D eigenvalue weighted by molar-refractivity contribution is -0.000717. The minimum atomic E-state index is -1.03. The van der Waals surface area contributed by atoms with E-state index in [2.05, 4.69) is 0 Å². The molecule has 2 atom stereocenters. The van der Waals surface area contributed by atoms with Gasteiger partial charge in [-0.15, -0.1) is 0 Å². The van der Waals surface area contributed by atoms with Crippen molar-refractivity contribution < 1.29 is 19.7 Å². The summed E-state index contributed by atoms with van der Waals surface area (Å²) in [7, 11) is 0. The molecule has 0 aliphatic rings. The van der Waals surface area contributed by atoms with Crippen molar-refractivity contribution in [2.75, 3.05) is 0 Å². The highest BCUT2D eigenvalue weighted by molar-refractivity contribution is 6.38. The molecule has 0 radical (unpaired) electrons. The third-order valence-corrected chi connectivity index (χ3v) is 4.22. The van der Waals surface area contributed by atoms with E-state index in [0.717, 1.165) is 11.1 Å². The zero-order chi connectivity index (χ0) is 18.7. The van der Waals surface area contributed by atoms with Gasteiger partial charge in [0, 0.05) is 0 Å². The van der Waals surface area contributed by atoms with Crippen molar-refractivity contribution in [1.29, 1.82) is 0 Å². The Labute approximate surface area is 165 Å². The van der Waals surface area contributed by atoms with Crippen molar-refractivity contribution in [2.45, 2.75) is 32.8 Å². The number of halogens is 4. The third kappa shape index (κ3) is 5.55. The lowest BCUT2D eigenvalue weighted by Crippen LogP contribution is -2.10. The summed E-state index contributed by atoms with van der Waals surface area (Å²) in [6.07, 6.45) is -1.59. The van der Waals surface area contributed by atoms with Crippen molar-refractivity contribution in [1.82, 2.24) is 0 Å². The van der Waals surface area contributed by atoms with Crippen molar-refractivity contribution in [2.24, 2.45) is 0 Å². The van der Waals surface area contributed by atoms with Crippen LogP contribution in [0, 0.1) is 0 Å². The predicted octanol–water partition coefficient (Wildman–Crippen LogP) is 5.33. The van der Waals surface area contributed by atoms with Crippen LogP contribution in [-0.2, 0) is 6.42 Å². The van der Waals surface area contributed by atoms with Gasteiger partial charge in [0.1, 0.15) is 0 Å². The number of aliphatic hydroxyl groups excluding tert-OH is 2. The highest BCUT2D eigenvalue weighted by atomic mass is 35.5. The van der Waals surface area contributed by atoms with Gasteiger partial charge in [0.2, 0.25) is 0 Å². The van der Waals surface area contributed by atoms with Gasteiger partial charge in [0.25, 0.3) is 0 Å². The van der Waals surface area contributed by atoms with Crippen molar-refractivity contribution >= 4 is 46.4 Å². The minimum Gasteiger partial charge on any atom is -0.462 e. The summed E-state index contributed by atoms with van der Waals surface area (Å²) < 4.78 is 10.4. The molecule has 2 unspecified atom stereocenters. The summed E-state index contributed by atoms with van der Waals surface area (Å²) in [5.41, 5.74) is 1.62. The van der Waals surface area contributed by atoms with Crippen LogP contribution in [0.2, 0.25) is 20.1 Å². The van der Waals surface area contributed by atoms with E-state index in [4.69, 9.17) is 55.9 Å². The second-order valence-electron chi connectivity index (χ2n) is 5.39. The average molecular weight is 426 g/mol. The SMILES string of the molecule is CC(O)Oc1c(Cl)cc(Cc2cc(Cl)c(OC(C)O)c(Cl)c2)cc1Cl. The lowest BCUT2D eigenvalue weighted by Gasteiger charge is -2.15. The van der Waals surface area contributed by atoms with Crippen LogP contribution in [0.1, 0.15) is 25.0 Å². The first kappa shape index (κ1) is 20.4. The van der Waals surface area contributed by atoms with Gasteiger partial charge < -0.3 is 19.7 Å². The zero-order valence-electron chi connectivity index (χ0n) is 13.4. The molecule has 0 aliphatic heterocycles. The number of rotatable bonds is 6. The van der Waals surface area contributed by atoms with Gasteiger partial charge >= 0.3 is 0 Å². The van der Waals surface area contributed by atoms with E-state index in [9.17, 15) is 10.2 Å². The Bertz CT molecular complexity index is 653. The summed E-state index contributed by atoms with van der Waals surface area (Å²) in [6, 6.07) is 6.75. The van der Waals surface area contributed by atoms with Crippen LogP contribution in [0.3, 0.4) is 0 Å². The molecule has 0 spiro atoms. The van der Waals surface area contributed by atoms with Crippen LogP contribution in [-0.4, -0.2) is 22.8 Å². The molecule has 25 heavy (non-hydrogen) atoms. The molecule has 0 bridgehead atoms. The Morgan fingerprint density at radius 2 is 1.00 bits per heavy atom. The van der Waals surface area contributed by atoms with Crippen LogP contribution in [0.15, 0.2) is 24.3 Å². The lowest BCUT2D eigenvalue weighted by atomic mass is 10.0. The molecule has 2 N–H and O–H groups in total. The van der Waals surface area contributed by atoms with Crippen LogP contribution in [0.4, 0.5) is 0 Å². The fraction of sp³-hybridized carbons (Fsp3) is 0.294. The largest absolute Gasteiger partial charge is 0.462 e. The third-order valence-electron chi connectivity index (χ3n) is 3.10. The molecule has 0 saturated heterocycles. The second-order valence-corrected chi connectivity index (χ2v) is 7.02. The normalized spacial score (nSPS) is 13.4. The molecule has 4 nitrogen and oxygen atoms in total. The molecule has 0 aromatic heterocycles. The fourth-order valence-corrected chi connectivity index (χ4v) is 3.47. The van der Waals surface area contributed by atoms with Crippen molar-refractivity contribution in [3.05, 3.63) is 55.5 Å². The molecule has 0 amide bonds. The number of benzene rings is 2. The molecule has 8 heteroatoms. The summed E-state index contributed by atoms with van der Waals surface area (Å²) >= 11 is 24.7. The first-order chi connectivity index (χ1) is 11.7. The van der Waals surface area contributed by atoms with Gasteiger partial charge in [-0.1, -0.05) is 46.4 Å². The van der Waals surface area contributed by atoms with E-state index in [1.165, 1.54) is 13.8 Å². The van der Waals surface area contributed by atoms with E-state index >= 15 is 0 Å². The van der Waals surface area contributed by atoms with Gasteiger partial charge in [0.15, 0.2) is 24.1 Å². The Hall–Kier alpha value is -0.880. The smallest absolute Gasteiger partial charge is 0.194 e. The molecule has 2 rings (SSSR count). The summed E-state index contributed by atoms with van der Waals surface area (Å²) in [5.74, 6) is 0.442. The predicted molar refractivity (Wildman–Crippen MR) is 100 cm³/mol. The Balaban J connectivity index is 2.28. The van der Waals surface area contributed by atoms with E-state index < -0.39 is 12.6 Å². The van der Waals surface area contributed by atoms with Crippen molar-refractivity contribution in [3.8, 4) is 11.5 Å². The maximum Gasteiger partial charge on any atom is 0.194 e. The van der Waals surface area contributed by atoms with Crippen LogP contribution in [0.5, 0.6) is 11.5 Å². The highest BCUT2D eigenvalue weighted by Gasteiger charge is 2.15. The summed E-state index contributed by atoms with van der Waals surface area (Å²) in [5, 5.41) is 19.8. The maximum atomic E-state index is 9.31. The maximum absolute atomic E-state index is 9.31. The monoisotopic (exact) mass is 424 g/mol. The zero-order valence-corrected chi connectivity index (χ0v) is 16.4. The summed E-state index contributed by atoms with van der Waals surface area (Å²) in [6.45, 7) is 2.92. The Morgan fingerprint density at radius 1 is 0.720 bits per heavy atom. The summed E-state index contributed by atoms with van der Waals surface area (Å²) in [4.78, 5) is 0. The molecule has 136 valence electrons. The molecule has 2 aromatic rings. The number of aliphatic hydroxyl groups is 2. The van der Waals surface area contributed by atoms with Gasteiger partial charge in [-0.2, -0.15) is 0 Å². The topological polar surface area (TPSA) is 58.9 Å². The van der Waals surface area contributed by atoms with Crippen LogP contribution >= 0.6 is 46.4 Å². The van der Waals surface area contributed by atoms with Gasteiger partial charge in [-0.05, 0) is 55.7 Å². The molecular formula is C17H16Cl4O4. The van der Waals surface area contributed by atoms with Crippen molar-refractivity contribution in [3.63, 3.8) is 0 Å². The minimum absolute atomic E-state index is 0.221. The molecule has 0 aliphatic carbocycles.